The zero-order valence-corrected chi connectivity index (χ0v) is 15.7. The predicted octanol–water partition coefficient (Wildman–Crippen LogP) is 3.14. The summed E-state index contributed by atoms with van der Waals surface area (Å²) in [4.78, 5) is 12.6. The molecular weight excluding hydrogens is 389 g/mol. The zero-order valence-electron chi connectivity index (χ0n) is 14.0. The Hall–Kier alpha value is -1.13. The fourth-order valence-corrected chi connectivity index (χ4v) is 6.51. The van der Waals surface area contributed by atoms with Crippen LogP contribution in [0.5, 0.6) is 0 Å². The standard InChI is InChI=1S/C16H21F3N2O3S2/c17-16(18,19)11-4-1-5-12(10-11)20-15(22)13-6-2-8-21(13)26(23,24)14-7-3-9-25-14/h3,7,9,11-13H,1-2,4-6,8,10H2,(H,20,22). The SMILES string of the molecule is O=C(NC1CCCC(C(F)(F)F)C1)C1CCCN1S(=O)(=O)c1cccs1. The molecule has 1 N–H and O–H groups in total. The van der Waals surface area contributed by atoms with Gasteiger partial charge in [0, 0.05) is 12.6 Å². The number of alkyl halides is 3. The Kier molecular flexibility index (Phi) is 5.64. The Morgan fingerprint density at radius 1 is 1.23 bits per heavy atom. The first-order valence-corrected chi connectivity index (χ1v) is 10.9. The van der Waals surface area contributed by atoms with Crippen molar-refractivity contribution in [2.24, 2.45) is 5.92 Å². The summed E-state index contributed by atoms with van der Waals surface area (Å²) in [7, 11) is -3.75. The summed E-state index contributed by atoms with van der Waals surface area (Å²) in [5.74, 6) is -1.90. The minimum atomic E-state index is -4.26. The molecule has 1 aromatic heterocycles. The van der Waals surface area contributed by atoms with Crippen LogP contribution in [0.2, 0.25) is 0 Å². The molecule has 1 aliphatic heterocycles. The molecule has 1 aromatic rings. The van der Waals surface area contributed by atoms with Crippen molar-refractivity contribution in [3.05, 3.63) is 17.5 Å². The van der Waals surface area contributed by atoms with Gasteiger partial charge in [0.25, 0.3) is 10.0 Å². The lowest BCUT2D eigenvalue weighted by atomic mass is 9.85. The lowest BCUT2D eigenvalue weighted by Crippen LogP contribution is -2.50. The second kappa shape index (κ2) is 7.47. The van der Waals surface area contributed by atoms with Crippen molar-refractivity contribution in [1.29, 1.82) is 0 Å². The highest BCUT2D eigenvalue weighted by atomic mass is 32.2. The van der Waals surface area contributed by atoms with E-state index in [0.717, 1.165) is 11.3 Å². The van der Waals surface area contributed by atoms with E-state index in [1.807, 2.05) is 0 Å². The molecule has 1 amide bonds. The van der Waals surface area contributed by atoms with Crippen LogP contribution in [0.15, 0.2) is 21.7 Å². The highest BCUT2D eigenvalue weighted by Gasteiger charge is 2.44. The van der Waals surface area contributed by atoms with E-state index in [9.17, 15) is 26.4 Å². The van der Waals surface area contributed by atoms with Gasteiger partial charge < -0.3 is 5.32 Å². The van der Waals surface area contributed by atoms with Crippen LogP contribution in [0.25, 0.3) is 0 Å². The summed E-state index contributed by atoms with van der Waals surface area (Å²) in [5.41, 5.74) is 0. The quantitative estimate of drug-likeness (QED) is 0.829. The maximum absolute atomic E-state index is 12.9. The molecule has 0 aromatic carbocycles. The smallest absolute Gasteiger partial charge is 0.352 e. The summed E-state index contributed by atoms with van der Waals surface area (Å²) in [5, 5.41) is 4.32. The number of thiophene rings is 1. The molecule has 26 heavy (non-hydrogen) atoms. The largest absolute Gasteiger partial charge is 0.391 e. The first-order chi connectivity index (χ1) is 12.2. The van der Waals surface area contributed by atoms with Crippen molar-refractivity contribution < 1.29 is 26.4 Å². The Labute approximate surface area is 154 Å². The second-order valence-electron chi connectivity index (χ2n) is 6.82. The van der Waals surface area contributed by atoms with Gasteiger partial charge in [0.05, 0.1) is 5.92 Å². The van der Waals surface area contributed by atoms with Gasteiger partial charge in [0.15, 0.2) is 0 Å². The maximum atomic E-state index is 12.9. The van der Waals surface area contributed by atoms with E-state index < -0.39 is 40.1 Å². The summed E-state index contributed by atoms with van der Waals surface area (Å²) < 4.78 is 65.5. The molecule has 2 fully saturated rings. The fraction of sp³-hybridized carbons (Fsp3) is 0.688. The maximum Gasteiger partial charge on any atom is 0.391 e. The average molecular weight is 410 g/mol. The van der Waals surface area contributed by atoms with Gasteiger partial charge >= 0.3 is 6.18 Å². The number of carbonyl (C=O) groups is 1. The highest BCUT2D eigenvalue weighted by Crippen LogP contribution is 2.37. The topological polar surface area (TPSA) is 66.5 Å². The van der Waals surface area contributed by atoms with E-state index in [2.05, 4.69) is 5.32 Å². The van der Waals surface area contributed by atoms with E-state index in [0.29, 0.717) is 25.7 Å². The van der Waals surface area contributed by atoms with Crippen LogP contribution in [-0.2, 0) is 14.8 Å². The lowest BCUT2D eigenvalue weighted by Gasteiger charge is -2.32. The third kappa shape index (κ3) is 4.07. The minimum Gasteiger partial charge on any atom is -0.352 e. The molecule has 3 atom stereocenters. The van der Waals surface area contributed by atoms with Gasteiger partial charge in [-0.3, -0.25) is 4.79 Å². The minimum absolute atomic E-state index is 0.0815. The molecule has 1 aliphatic carbocycles. The average Bonchev–Trinajstić information content (AvgIpc) is 3.26. The summed E-state index contributed by atoms with van der Waals surface area (Å²) in [6.45, 7) is 0.244. The van der Waals surface area contributed by atoms with Gasteiger partial charge in [0.1, 0.15) is 10.3 Å². The summed E-state index contributed by atoms with van der Waals surface area (Å²) in [6, 6.07) is 1.70. The van der Waals surface area contributed by atoms with E-state index in [1.165, 1.54) is 10.4 Å². The molecule has 5 nitrogen and oxygen atoms in total. The summed E-state index contributed by atoms with van der Waals surface area (Å²) in [6.07, 6.45) is -2.49. The molecule has 1 saturated carbocycles. The van der Waals surface area contributed by atoms with Gasteiger partial charge in [-0.25, -0.2) is 8.42 Å². The van der Waals surface area contributed by atoms with Crippen LogP contribution in [0.3, 0.4) is 0 Å². The van der Waals surface area contributed by atoms with E-state index >= 15 is 0 Å². The number of nitrogens with zero attached hydrogens (tertiary/aromatic N) is 1. The lowest BCUT2D eigenvalue weighted by molar-refractivity contribution is -0.184. The molecule has 1 saturated heterocycles. The van der Waals surface area contributed by atoms with Crippen molar-refractivity contribution in [2.75, 3.05) is 6.54 Å². The first kappa shape index (κ1) is 19.6. The Morgan fingerprint density at radius 3 is 2.65 bits per heavy atom. The fourth-order valence-electron chi connectivity index (χ4n) is 3.73. The van der Waals surface area contributed by atoms with Crippen molar-refractivity contribution in [3.63, 3.8) is 0 Å². The number of nitrogens with one attached hydrogen (secondary N) is 1. The number of amides is 1. The monoisotopic (exact) mass is 410 g/mol. The second-order valence-corrected chi connectivity index (χ2v) is 9.88. The van der Waals surface area contributed by atoms with E-state index in [-0.39, 0.29) is 23.6 Å². The van der Waals surface area contributed by atoms with Gasteiger partial charge in [0.2, 0.25) is 5.91 Å². The molecule has 3 unspecified atom stereocenters. The van der Waals surface area contributed by atoms with Crippen molar-refractivity contribution >= 4 is 27.3 Å². The van der Waals surface area contributed by atoms with Gasteiger partial charge in [-0.2, -0.15) is 17.5 Å². The van der Waals surface area contributed by atoms with Crippen molar-refractivity contribution in [3.8, 4) is 0 Å². The molecule has 0 radical (unpaired) electrons. The Bertz CT molecular complexity index is 734. The summed E-state index contributed by atoms with van der Waals surface area (Å²) >= 11 is 1.08. The predicted molar refractivity (Wildman–Crippen MR) is 91.2 cm³/mol. The molecule has 3 rings (SSSR count). The Morgan fingerprint density at radius 2 is 2.00 bits per heavy atom. The number of hydrogen-bond acceptors (Lipinski definition) is 4. The molecule has 0 bridgehead atoms. The molecule has 2 aliphatic rings. The third-order valence-corrected chi connectivity index (χ3v) is 8.33. The third-order valence-electron chi connectivity index (χ3n) is 5.05. The molecular formula is C16H21F3N2O3S2. The van der Waals surface area contributed by atoms with Gasteiger partial charge in [-0.05, 0) is 43.6 Å². The van der Waals surface area contributed by atoms with E-state index in [4.69, 9.17) is 0 Å². The normalized spacial score (nSPS) is 28.2. The molecule has 10 heteroatoms. The van der Waals surface area contributed by atoms with Crippen LogP contribution in [-0.4, -0.2) is 43.4 Å². The number of hydrogen-bond donors (Lipinski definition) is 1. The number of halogens is 3. The van der Waals surface area contributed by atoms with Crippen LogP contribution < -0.4 is 5.32 Å². The van der Waals surface area contributed by atoms with Crippen LogP contribution in [0.1, 0.15) is 38.5 Å². The molecule has 2 heterocycles. The first-order valence-electron chi connectivity index (χ1n) is 8.62. The Balaban J connectivity index is 1.67. The van der Waals surface area contributed by atoms with Gasteiger partial charge in [-0.15, -0.1) is 11.3 Å². The van der Waals surface area contributed by atoms with Crippen LogP contribution >= 0.6 is 11.3 Å². The van der Waals surface area contributed by atoms with E-state index in [1.54, 1.807) is 11.4 Å². The number of sulfonamides is 1. The van der Waals surface area contributed by atoms with Crippen LogP contribution in [0.4, 0.5) is 13.2 Å². The zero-order chi connectivity index (χ0) is 18.9. The molecule has 146 valence electrons. The molecule has 0 spiro atoms. The van der Waals surface area contributed by atoms with Crippen molar-refractivity contribution in [2.45, 2.75) is 61.0 Å². The number of rotatable bonds is 4. The highest BCUT2D eigenvalue weighted by molar-refractivity contribution is 7.91. The van der Waals surface area contributed by atoms with Crippen LogP contribution in [0, 0.1) is 5.92 Å². The number of carbonyl (C=O) groups excluding carboxylic acids is 1. The van der Waals surface area contributed by atoms with Gasteiger partial charge in [-0.1, -0.05) is 12.5 Å². The van der Waals surface area contributed by atoms with Crippen molar-refractivity contribution in [1.82, 2.24) is 9.62 Å².